The quantitative estimate of drug-likeness (QED) is 0.656. The largest absolute Gasteiger partial charge is 0.380 e. The first-order valence-corrected chi connectivity index (χ1v) is 7.12. The monoisotopic (exact) mass is 363 g/mol. The van der Waals surface area contributed by atoms with E-state index in [-0.39, 0.29) is 0 Å². The van der Waals surface area contributed by atoms with Crippen molar-refractivity contribution in [2.24, 2.45) is 0 Å². The van der Waals surface area contributed by atoms with E-state index in [2.05, 4.69) is 21.2 Å². The first kappa shape index (κ1) is 14.0. The summed E-state index contributed by atoms with van der Waals surface area (Å²) in [6, 6.07) is 11.4. The van der Waals surface area contributed by atoms with E-state index in [0.29, 0.717) is 16.6 Å². The molecule has 0 unspecified atom stereocenters. The van der Waals surface area contributed by atoms with Crippen molar-refractivity contribution in [2.45, 2.75) is 6.54 Å². The molecular formula is C13H9BrCl3N. The van der Waals surface area contributed by atoms with Crippen molar-refractivity contribution in [3.05, 3.63) is 61.5 Å². The molecule has 0 saturated carbocycles. The molecule has 0 aliphatic heterocycles. The lowest BCUT2D eigenvalue weighted by Gasteiger charge is -2.10. The summed E-state index contributed by atoms with van der Waals surface area (Å²) in [6.45, 7) is 0.662. The number of hydrogen-bond donors (Lipinski definition) is 1. The number of rotatable bonds is 3. The van der Waals surface area contributed by atoms with E-state index in [1.807, 2.05) is 36.4 Å². The van der Waals surface area contributed by atoms with E-state index in [4.69, 9.17) is 34.8 Å². The molecule has 1 N–H and O–H groups in total. The van der Waals surface area contributed by atoms with Gasteiger partial charge in [-0.3, -0.25) is 0 Å². The van der Waals surface area contributed by atoms with Gasteiger partial charge in [-0.05, 0) is 45.8 Å². The smallest absolute Gasteiger partial charge is 0.0835 e. The predicted octanol–water partition coefficient (Wildman–Crippen LogP) is 6.02. The van der Waals surface area contributed by atoms with Gasteiger partial charge in [0, 0.05) is 16.0 Å². The normalized spacial score (nSPS) is 10.4. The summed E-state index contributed by atoms with van der Waals surface area (Å²) in [6.07, 6.45) is 0. The highest BCUT2D eigenvalue weighted by atomic mass is 79.9. The van der Waals surface area contributed by atoms with Crippen LogP contribution in [-0.4, -0.2) is 0 Å². The van der Waals surface area contributed by atoms with Crippen molar-refractivity contribution in [3.63, 3.8) is 0 Å². The van der Waals surface area contributed by atoms with Crippen molar-refractivity contribution in [2.75, 3.05) is 5.32 Å². The van der Waals surface area contributed by atoms with Crippen LogP contribution < -0.4 is 5.32 Å². The van der Waals surface area contributed by atoms with Crippen LogP contribution >= 0.6 is 50.7 Å². The third kappa shape index (κ3) is 3.33. The van der Waals surface area contributed by atoms with E-state index in [9.17, 15) is 0 Å². The summed E-state index contributed by atoms with van der Waals surface area (Å²) in [4.78, 5) is 0. The number of halogens is 4. The summed E-state index contributed by atoms with van der Waals surface area (Å²) < 4.78 is 0.784. The zero-order valence-electron chi connectivity index (χ0n) is 9.18. The van der Waals surface area contributed by atoms with Crippen molar-refractivity contribution in [3.8, 4) is 0 Å². The van der Waals surface area contributed by atoms with Crippen LogP contribution in [0.5, 0.6) is 0 Å². The maximum absolute atomic E-state index is 6.14. The van der Waals surface area contributed by atoms with Crippen LogP contribution in [0.25, 0.3) is 0 Å². The molecule has 18 heavy (non-hydrogen) atoms. The molecule has 0 fully saturated rings. The molecule has 0 aromatic heterocycles. The van der Waals surface area contributed by atoms with Crippen LogP contribution in [0.15, 0.2) is 40.9 Å². The Morgan fingerprint density at radius 3 is 2.22 bits per heavy atom. The fourth-order valence-electron chi connectivity index (χ4n) is 1.46. The van der Waals surface area contributed by atoms with Crippen molar-refractivity contribution < 1.29 is 0 Å². The Labute approximate surface area is 129 Å². The van der Waals surface area contributed by atoms with Gasteiger partial charge in [0.2, 0.25) is 0 Å². The summed E-state index contributed by atoms with van der Waals surface area (Å²) >= 11 is 21.3. The van der Waals surface area contributed by atoms with Gasteiger partial charge in [-0.2, -0.15) is 0 Å². The minimum absolute atomic E-state index is 0.512. The highest BCUT2D eigenvalue weighted by Gasteiger charge is 2.07. The predicted molar refractivity (Wildman–Crippen MR) is 82.9 cm³/mol. The molecule has 2 rings (SSSR count). The molecule has 0 aliphatic carbocycles. The summed E-state index contributed by atoms with van der Waals surface area (Å²) in [5.41, 5.74) is 1.93. The first-order valence-electron chi connectivity index (χ1n) is 5.20. The second kappa shape index (κ2) is 6.16. The van der Waals surface area contributed by atoms with Gasteiger partial charge in [0.05, 0.1) is 15.7 Å². The van der Waals surface area contributed by atoms with Crippen LogP contribution in [0.3, 0.4) is 0 Å². The van der Waals surface area contributed by atoms with Crippen molar-refractivity contribution >= 4 is 56.4 Å². The molecule has 0 heterocycles. The molecular weight excluding hydrogens is 356 g/mol. The third-order valence-electron chi connectivity index (χ3n) is 2.43. The Morgan fingerprint density at radius 1 is 0.889 bits per heavy atom. The lowest BCUT2D eigenvalue weighted by atomic mass is 10.2. The van der Waals surface area contributed by atoms with Crippen LogP contribution in [0.4, 0.5) is 5.69 Å². The van der Waals surface area contributed by atoms with E-state index >= 15 is 0 Å². The second-order valence-electron chi connectivity index (χ2n) is 3.70. The van der Waals surface area contributed by atoms with Gasteiger partial charge in [-0.15, -0.1) is 0 Å². The Balaban J connectivity index is 2.11. The highest BCUT2D eigenvalue weighted by molar-refractivity contribution is 9.10. The van der Waals surface area contributed by atoms with Crippen LogP contribution in [-0.2, 0) is 6.54 Å². The van der Waals surface area contributed by atoms with Crippen LogP contribution in [0.1, 0.15) is 5.56 Å². The fourth-order valence-corrected chi connectivity index (χ4v) is 2.43. The molecule has 1 nitrogen and oxygen atoms in total. The first-order chi connectivity index (χ1) is 8.58. The maximum atomic E-state index is 6.14. The molecule has 0 aliphatic rings. The van der Waals surface area contributed by atoms with E-state index in [1.165, 1.54) is 0 Å². The van der Waals surface area contributed by atoms with E-state index in [0.717, 1.165) is 20.7 Å². The van der Waals surface area contributed by atoms with Crippen LogP contribution in [0, 0.1) is 0 Å². The molecule has 0 saturated heterocycles. The molecule has 94 valence electrons. The molecule has 0 radical (unpaired) electrons. The van der Waals surface area contributed by atoms with Gasteiger partial charge in [-0.1, -0.05) is 46.9 Å². The van der Waals surface area contributed by atoms with Gasteiger partial charge in [0.15, 0.2) is 0 Å². The number of hydrogen-bond acceptors (Lipinski definition) is 1. The molecule has 2 aromatic rings. The second-order valence-corrected chi connectivity index (χ2v) is 5.75. The SMILES string of the molecule is Clc1ccc(CNc2ccc(Br)c(Cl)c2Cl)cc1. The van der Waals surface area contributed by atoms with E-state index in [1.54, 1.807) is 0 Å². The average Bonchev–Trinajstić information content (AvgIpc) is 2.37. The topological polar surface area (TPSA) is 12.0 Å². The van der Waals surface area contributed by atoms with Gasteiger partial charge >= 0.3 is 0 Å². The Hall–Kier alpha value is -0.410. The van der Waals surface area contributed by atoms with Crippen molar-refractivity contribution in [1.29, 1.82) is 0 Å². The fraction of sp³-hybridized carbons (Fsp3) is 0.0769. The molecule has 2 aromatic carbocycles. The van der Waals surface area contributed by atoms with Gasteiger partial charge in [0.1, 0.15) is 0 Å². The highest BCUT2D eigenvalue weighted by Crippen LogP contribution is 2.35. The van der Waals surface area contributed by atoms with Crippen molar-refractivity contribution in [1.82, 2.24) is 0 Å². The summed E-state index contributed by atoms with van der Waals surface area (Å²) in [5, 5.41) is 4.99. The molecule has 0 spiro atoms. The minimum Gasteiger partial charge on any atom is -0.380 e. The Morgan fingerprint density at radius 2 is 1.56 bits per heavy atom. The molecule has 0 bridgehead atoms. The number of benzene rings is 2. The Bertz CT molecular complexity index is 555. The lowest BCUT2D eigenvalue weighted by molar-refractivity contribution is 1.15. The van der Waals surface area contributed by atoms with Gasteiger partial charge < -0.3 is 5.32 Å². The molecule has 0 atom stereocenters. The molecule has 5 heteroatoms. The van der Waals surface area contributed by atoms with Gasteiger partial charge in [0.25, 0.3) is 0 Å². The molecule has 0 amide bonds. The lowest BCUT2D eigenvalue weighted by Crippen LogP contribution is -2.00. The summed E-state index contributed by atoms with van der Waals surface area (Å²) in [5.74, 6) is 0. The summed E-state index contributed by atoms with van der Waals surface area (Å²) in [7, 11) is 0. The zero-order chi connectivity index (χ0) is 13.1. The Kier molecular flexibility index (Phi) is 4.79. The standard InChI is InChI=1S/C13H9BrCl3N/c14-10-5-6-11(13(17)12(10)16)18-7-8-1-3-9(15)4-2-8/h1-6,18H,7H2. The maximum Gasteiger partial charge on any atom is 0.0835 e. The zero-order valence-corrected chi connectivity index (χ0v) is 13.0. The number of anilines is 1. The average molecular weight is 365 g/mol. The minimum atomic E-state index is 0.512. The van der Waals surface area contributed by atoms with Crippen LogP contribution in [0.2, 0.25) is 15.1 Å². The van der Waals surface area contributed by atoms with Gasteiger partial charge in [-0.25, -0.2) is 0 Å². The number of nitrogens with one attached hydrogen (secondary N) is 1. The third-order valence-corrected chi connectivity index (χ3v) is 4.45. The van der Waals surface area contributed by atoms with E-state index < -0.39 is 0 Å².